The van der Waals surface area contributed by atoms with E-state index in [-0.39, 0.29) is 17.9 Å². The van der Waals surface area contributed by atoms with Crippen molar-refractivity contribution >= 4 is 11.8 Å². The second kappa shape index (κ2) is 7.97. The lowest BCUT2D eigenvalue weighted by Crippen LogP contribution is -2.48. The van der Waals surface area contributed by atoms with Crippen molar-refractivity contribution in [1.29, 1.82) is 0 Å². The Morgan fingerprint density at radius 2 is 2.04 bits per heavy atom. The Balaban J connectivity index is 2.29. The van der Waals surface area contributed by atoms with Gasteiger partial charge in [0.05, 0.1) is 13.2 Å². The summed E-state index contributed by atoms with van der Waals surface area (Å²) < 4.78 is 5.17. The van der Waals surface area contributed by atoms with E-state index in [1.54, 1.807) is 14.2 Å². The summed E-state index contributed by atoms with van der Waals surface area (Å²) in [4.78, 5) is 26.8. The summed E-state index contributed by atoms with van der Waals surface area (Å²) in [6.07, 6.45) is 1.68. The fourth-order valence-electron chi connectivity index (χ4n) is 3.09. The van der Waals surface area contributed by atoms with Crippen LogP contribution in [0.25, 0.3) is 0 Å². The molecule has 0 aliphatic carbocycles. The SMILES string of the molecule is CCNC(=O)C1CCCN1C(C(=O)NC)c1ccc(OC)cc1. The number of rotatable bonds is 6. The molecule has 0 bridgehead atoms. The number of carbonyl (C=O) groups is 2. The maximum atomic E-state index is 12.5. The maximum Gasteiger partial charge on any atom is 0.241 e. The van der Waals surface area contributed by atoms with Gasteiger partial charge in [-0.1, -0.05) is 12.1 Å². The molecule has 0 radical (unpaired) electrons. The zero-order valence-corrected chi connectivity index (χ0v) is 14.0. The van der Waals surface area contributed by atoms with Crippen LogP contribution in [0.4, 0.5) is 0 Å². The molecule has 6 nitrogen and oxygen atoms in total. The summed E-state index contributed by atoms with van der Waals surface area (Å²) in [6, 6.07) is 6.70. The smallest absolute Gasteiger partial charge is 0.241 e. The molecule has 0 aromatic heterocycles. The third-order valence-corrected chi connectivity index (χ3v) is 4.21. The fraction of sp³-hybridized carbons (Fsp3) is 0.529. The van der Waals surface area contributed by atoms with Gasteiger partial charge in [0, 0.05) is 20.1 Å². The summed E-state index contributed by atoms with van der Waals surface area (Å²) in [7, 11) is 3.23. The molecule has 6 heteroatoms. The standard InChI is InChI=1S/C17H25N3O3/c1-4-19-16(21)14-6-5-11-20(14)15(17(22)18-2)12-7-9-13(23-3)10-8-12/h7-10,14-15H,4-6,11H2,1-3H3,(H,18,22)(H,19,21). The first-order chi connectivity index (χ1) is 11.1. The van der Waals surface area contributed by atoms with Gasteiger partial charge in [0.2, 0.25) is 11.8 Å². The minimum atomic E-state index is -0.471. The minimum absolute atomic E-state index is 0.00702. The molecule has 2 atom stereocenters. The van der Waals surface area contributed by atoms with Gasteiger partial charge in [-0.25, -0.2) is 0 Å². The van der Waals surface area contributed by atoms with E-state index in [0.29, 0.717) is 6.54 Å². The molecule has 2 rings (SSSR count). The number of hydrogen-bond donors (Lipinski definition) is 2. The van der Waals surface area contributed by atoms with Crippen molar-refractivity contribution in [2.75, 3.05) is 27.2 Å². The monoisotopic (exact) mass is 319 g/mol. The van der Waals surface area contributed by atoms with Crippen molar-refractivity contribution in [3.05, 3.63) is 29.8 Å². The van der Waals surface area contributed by atoms with E-state index in [0.717, 1.165) is 30.7 Å². The highest BCUT2D eigenvalue weighted by atomic mass is 16.5. The van der Waals surface area contributed by atoms with Crippen molar-refractivity contribution in [3.63, 3.8) is 0 Å². The van der Waals surface area contributed by atoms with Gasteiger partial charge in [0.15, 0.2) is 0 Å². The number of likely N-dealkylation sites (tertiary alicyclic amines) is 1. The quantitative estimate of drug-likeness (QED) is 0.823. The second-order valence-electron chi connectivity index (χ2n) is 5.58. The van der Waals surface area contributed by atoms with E-state index >= 15 is 0 Å². The zero-order chi connectivity index (χ0) is 16.8. The fourth-order valence-corrected chi connectivity index (χ4v) is 3.09. The third-order valence-electron chi connectivity index (χ3n) is 4.21. The van der Waals surface area contributed by atoms with Gasteiger partial charge in [-0.3, -0.25) is 14.5 Å². The number of amides is 2. The largest absolute Gasteiger partial charge is 0.497 e. The molecule has 1 saturated heterocycles. The van der Waals surface area contributed by atoms with Crippen LogP contribution in [-0.4, -0.2) is 50.0 Å². The van der Waals surface area contributed by atoms with Crippen molar-refractivity contribution in [3.8, 4) is 5.75 Å². The Hall–Kier alpha value is -2.08. The van der Waals surface area contributed by atoms with Crippen molar-refractivity contribution in [2.24, 2.45) is 0 Å². The molecular weight excluding hydrogens is 294 g/mol. The molecule has 126 valence electrons. The maximum absolute atomic E-state index is 12.5. The van der Waals surface area contributed by atoms with Crippen LogP contribution in [0.5, 0.6) is 5.75 Å². The third kappa shape index (κ3) is 3.82. The normalized spacial score (nSPS) is 19.2. The Morgan fingerprint density at radius 3 is 2.61 bits per heavy atom. The number of carbonyl (C=O) groups excluding carboxylic acids is 2. The number of likely N-dealkylation sites (N-methyl/N-ethyl adjacent to an activating group) is 2. The van der Waals surface area contributed by atoms with Crippen LogP contribution < -0.4 is 15.4 Å². The predicted molar refractivity (Wildman–Crippen MR) is 88.2 cm³/mol. The van der Waals surface area contributed by atoms with E-state index in [4.69, 9.17) is 4.74 Å². The van der Waals surface area contributed by atoms with E-state index in [2.05, 4.69) is 10.6 Å². The molecule has 1 aromatic carbocycles. The average molecular weight is 319 g/mol. The molecule has 0 saturated carbocycles. The lowest BCUT2D eigenvalue weighted by molar-refractivity contribution is -0.131. The van der Waals surface area contributed by atoms with E-state index in [9.17, 15) is 9.59 Å². The minimum Gasteiger partial charge on any atom is -0.497 e. The molecule has 1 fully saturated rings. The molecule has 2 amide bonds. The molecular formula is C17H25N3O3. The second-order valence-corrected chi connectivity index (χ2v) is 5.58. The average Bonchev–Trinajstić information content (AvgIpc) is 3.05. The molecule has 1 heterocycles. The van der Waals surface area contributed by atoms with E-state index in [1.807, 2.05) is 36.1 Å². The number of hydrogen-bond acceptors (Lipinski definition) is 4. The van der Waals surface area contributed by atoms with Gasteiger partial charge >= 0.3 is 0 Å². The predicted octanol–water partition coefficient (Wildman–Crippen LogP) is 1.08. The molecule has 1 aliphatic rings. The lowest BCUT2D eigenvalue weighted by Gasteiger charge is -2.31. The van der Waals surface area contributed by atoms with Crippen LogP contribution >= 0.6 is 0 Å². The Bertz CT molecular complexity index is 545. The van der Waals surface area contributed by atoms with Crippen LogP contribution in [0.2, 0.25) is 0 Å². The topological polar surface area (TPSA) is 70.7 Å². The van der Waals surface area contributed by atoms with Crippen LogP contribution in [0.15, 0.2) is 24.3 Å². The van der Waals surface area contributed by atoms with E-state index in [1.165, 1.54) is 0 Å². The Morgan fingerprint density at radius 1 is 1.35 bits per heavy atom. The zero-order valence-electron chi connectivity index (χ0n) is 14.0. The van der Waals surface area contributed by atoms with Gasteiger partial charge in [-0.15, -0.1) is 0 Å². The number of nitrogens with one attached hydrogen (secondary N) is 2. The number of nitrogens with zero attached hydrogens (tertiary/aromatic N) is 1. The molecule has 0 spiro atoms. The van der Waals surface area contributed by atoms with Crippen LogP contribution in [0, 0.1) is 0 Å². The molecule has 1 aliphatic heterocycles. The van der Waals surface area contributed by atoms with Crippen molar-refractivity contribution in [2.45, 2.75) is 31.8 Å². The molecule has 2 N–H and O–H groups in total. The van der Waals surface area contributed by atoms with Crippen LogP contribution in [0.3, 0.4) is 0 Å². The van der Waals surface area contributed by atoms with Crippen LogP contribution in [0.1, 0.15) is 31.4 Å². The Kier molecular flexibility index (Phi) is 5.98. The highest BCUT2D eigenvalue weighted by Gasteiger charge is 2.38. The van der Waals surface area contributed by atoms with Gasteiger partial charge in [0.1, 0.15) is 11.8 Å². The summed E-state index contributed by atoms with van der Waals surface area (Å²) in [5, 5.41) is 5.58. The van der Waals surface area contributed by atoms with Gasteiger partial charge in [0.25, 0.3) is 0 Å². The summed E-state index contributed by atoms with van der Waals surface area (Å²) in [5.41, 5.74) is 0.862. The van der Waals surface area contributed by atoms with Gasteiger partial charge in [-0.05, 0) is 37.5 Å². The molecule has 1 aromatic rings. The first kappa shape index (κ1) is 17.3. The molecule has 2 unspecified atom stereocenters. The lowest BCUT2D eigenvalue weighted by atomic mass is 10.0. The molecule has 23 heavy (non-hydrogen) atoms. The van der Waals surface area contributed by atoms with Crippen LogP contribution in [-0.2, 0) is 9.59 Å². The summed E-state index contributed by atoms with van der Waals surface area (Å²) in [6.45, 7) is 3.22. The Labute approximate surface area is 137 Å². The van der Waals surface area contributed by atoms with Crippen molar-refractivity contribution < 1.29 is 14.3 Å². The number of benzene rings is 1. The number of ether oxygens (including phenoxy) is 1. The van der Waals surface area contributed by atoms with E-state index < -0.39 is 6.04 Å². The first-order valence-corrected chi connectivity index (χ1v) is 8.01. The highest BCUT2D eigenvalue weighted by molar-refractivity contribution is 5.86. The highest BCUT2D eigenvalue weighted by Crippen LogP contribution is 2.30. The van der Waals surface area contributed by atoms with Crippen molar-refractivity contribution in [1.82, 2.24) is 15.5 Å². The number of methoxy groups -OCH3 is 1. The summed E-state index contributed by atoms with van der Waals surface area (Å²) >= 11 is 0. The summed E-state index contributed by atoms with van der Waals surface area (Å²) in [5.74, 6) is 0.630. The first-order valence-electron chi connectivity index (χ1n) is 8.01. The van der Waals surface area contributed by atoms with Gasteiger partial charge in [-0.2, -0.15) is 0 Å². The van der Waals surface area contributed by atoms with Gasteiger partial charge < -0.3 is 15.4 Å².